The molecule has 0 saturated heterocycles. The van der Waals surface area contributed by atoms with Crippen LogP contribution in [0.15, 0.2) is 42.6 Å². The van der Waals surface area contributed by atoms with Gasteiger partial charge in [-0.15, -0.1) is 0 Å². The molecule has 0 aliphatic carbocycles. The first kappa shape index (κ1) is 12.2. The number of aliphatic hydroxyl groups is 1. The summed E-state index contributed by atoms with van der Waals surface area (Å²) in [5, 5.41) is 13.7. The zero-order chi connectivity index (χ0) is 13.5. The topological polar surface area (TPSA) is 45.1 Å². The molecule has 0 amide bonds. The first-order valence-corrected chi connectivity index (χ1v) is 6.55. The lowest BCUT2D eigenvalue weighted by molar-refractivity contribution is 0.220. The van der Waals surface area contributed by atoms with Gasteiger partial charge in [0.15, 0.2) is 0 Å². The van der Waals surface area contributed by atoms with Gasteiger partial charge in [0.25, 0.3) is 0 Å². The minimum absolute atomic E-state index is 0.0611. The summed E-state index contributed by atoms with van der Waals surface area (Å²) < 4.78 is 0. The molecule has 3 heteroatoms. The lowest BCUT2D eigenvalue weighted by Crippen LogP contribution is -2.20. The summed E-state index contributed by atoms with van der Waals surface area (Å²) >= 11 is 0. The maximum atomic E-state index is 10.4. The minimum atomic E-state index is -0.621. The van der Waals surface area contributed by atoms with E-state index >= 15 is 0 Å². The Labute approximate surface area is 113 Å². The van der Waals surface area contributed by atoms with Crippen molar-refractivity contribution in [3.05, 3.63) is 59.4 Å². The second-order valence-corrected chi connectivity index (χ2v) is 5.72. The summed E-state index contributed by atoms with van der Waals surface area (Å²) in [4.78, 5) is 4.54. The molecule has 2 aromatic rings. The summed E-state index contributed by atoms with van der Waals surface area (Å²) in [6.45, 7) is 5.23. The van der Waals surface area contributed by atoms with E-state index in [9.17, 15) is 5.11 Å². The Morgan fingerprint density at radius 2 is 1.95 bits per heavy atom. The fraction of sp³-hybridized carbons (Fsp3) is 0.312. The summed E-state index contributed by atoms with van der Waals surface area (Å²) in [6, 6.07) is 11.7. The van der Waals surface area contributed by atoms with Crippen LogP contribution in [0.4, 0.5) is 5.69 Å². The van der Waals surface area contributed by atoms with Crippen molar-refractivity contribution in [2.45, 2.75) is 25.4 Å². The maximum absolute atomic E-state index is 10.4. The third-order valence-electron chi connectivity index (χ3n) is 3.70. The molecule has 1 aliphatic heterocycles. The SMILES string of the molecule is CC1(C)CNc2cc(C(O)c3ccccc3)cnc21. The van der Waals surface area contributed by atoms with Crippen molar-refractivity contribution in [3.63, 3.8) is 0 Å². The van der Waals surface area contributed by atoms with Gasteiger partial charge in [-0.25, -0.2) is 0 Å². The third kappa shape index (κ3) is 2.10. The largest absolute Gasteiger partial charge is 0.384 e. The fourth-order valence-electron chi connectivity index (χ4n) is 2.53. The van der Waals surface area contributed by atoms with Crippen molar-refractivity contribution < 1.29 is 5.11 Å². The second kappa shape index (κ2) is 4.35. The van der Waals surface area contributed by atoms with Gasteiger partial charge in [0.1, 0.15) is 6.10 Å². The first-order chi connectivity index (χ1) is 9.08. The van der Waals surface area contributed by atoms with E-state index in [1.807, 2.05) is 36.4 Å². The zero-order valence-corrected chi connectivity index (χ0v) is 11.2. The molecule has 1 unspecified atom stereocenters. The summed E-state index contributed by atoms with van der Waals surface area (Å²) in [6.07, 6.45) is 1.16. The molecule has 0 bridgehead atoms. The number of pyridine rings is 1. The van der Waals surface area contributed by atoms with Crippen LogP contribution >= 0.6 is 0 Å². The van der Waals surface area contributed by atoms with Crippen LogP contribution in [0.2, 0.25) is 0 Å². The van der Waals surface area contributed by atoms with Crippen molar-refractivity contribution >= 4 is 5.69 Å². The Morgan fingerprint density at radius 3 is 2.68 bits per heavy atom. The molecule has 2 heterocycles. The van der Waals surface area contributed by atoms with E-state index in [2.05, 4.69) is 24.1 Å². The summed E-state index contributed by atoms with van der Waals surface area (Å²) in [5.74, 6) is 0. The predicted octanol–water partition coefficient (Wildman–Crippen LogP) is 2.87. The predicted molar refractivity (Wildman–Crippen MR) is 76.3 cm³/mol. The number of rotatable bonds is 2. The van der Waals surface area contributed by atoms with Gasteiger partial charge in [-0.05, 0) is 11.6 Å². The monoisotopic (exact) mass is 254 g/mol. The number of nitrogens with one attached hydrogen (secondary N) is 1. The van der Waals surface area contributed by atoms with E-state index in [0.717, 1.165) is 29.1 Å². The molecule has 0 radical (unpaired) electrons. The highest BCUT2D eigenvalue weighted by atomic mass is 16.3. The lowest BCUT2D eigenvalue weighted by Gasteiger charge is -2.16. The van der Waals surface area contributed by atoms with Gasteiger partial charge in [-0.2, -0.15) is 0 Å². The van der Waals surface area contributed by atoms with Crippen LogP contribution in [-0.4, -0.2) is 16.6 Å². The Bertz CT molecular complexity index is 593. The van der Waals surface area contributed by atoms with Crippen LogP contribution < -0.4 is 5.32 Å². The Kier molecular flexibility index (Phi) is 2.79. The Hall–Kier alpha value is -1.87. The number of anilines is 1. The maximum Gasteiger partial charge on any atom is 0.106 e. The van der Waals surface area contributed by atoms with Crippen LogP contribution in [0.5, 0.6) is 0 Å². The normalized spacial score (nSPS) is 17.6. The lowest BCUT2D eigenvalue weighted by atomic mass is 9.91. The van der Waals surface area contributed by atoms with E-state index in [-0.39, 0.29) is 5.41 Å². The zero-order valence-electron chi connectivity index (χ0n) is 11.2. The van der Waals surface area contributed by atoms with Crippen molar-refractivity contribution in [2.24, 2.45) is 0 Å². The number of aliphatic hydroxyl groups excluding tert-OH is 1. The molecule has 3 nitrogen and oxygen atoms in total. The number of hydrogen-bond donors (Lipinski definition) is 2. The Balaban J connectivity index is 1.96. The number of nitrogens with zero attached hydrogens (tertiary/aromatic N) is 1. The number of hydrogen-bond acceptors (Lipinski definition) is 3. The van der Waals surface area contributed by atoms with Crippen molar-refractivity contribution in [2.75, 3.05) is 11.9 Å². The molecule has 0 spiro atoms. The average molecular weight is 254 g/mol. The van der Waals surface area contributed by atoms with Crippen molar-refractivity contribution in [1.29, 1.82) is 0 Å². The van der Waals surface area contributed by atoms with E-state index < -0.39 is 6.10 Å². The summed E-state index contributed by atoms with van der Waals surface area (Å²) in [7, 11) is 0. The molecule has 1 aromatic carbocycles. The molecule has 2 N–H and O–H groups in total. The molecule has 98 valence electrons. The molecule has 1 atom stereocenters. The van der Waals surface area contributed by atoms with Gasteiger partial charge in [0.2, 0.25) is 0 Å². The highest BCUT2D eigenvalue weighted by molar-refractivity contribution is 5.58. The van der Waals surface area contributed by atoms with Crippen LogP contribution in [0.25, 0.3) is 0 Å². The van der Waals surface area contributed by atoms with E-state index in [1.165, 1.54) is 0 Å². The molecule has 3 rings (SSSR count). The van der Waals surface area contributed by atoms with Gasteiger partial charge in [0, 0.05) is 23.7 Å². The van der Waals surface area contributed by atoms with E-state index in [0.29, 0.717) is 0 Å². The van der Waals surface area contributed by atoms with Gasteiger partial charge in [-0.3, -0.25) is 4.98 Å². The fourth-order valence-corrected chi connectivity index (χ4v) is 2.53. The van der Waals surface area contributed by atoms with Gasteiger partial charge in [-0.1, -0.05) is 44.2 Å². The Morgan fingerprint density at radius 1 is 1.21 bits per heavy atom. The highest BCUT2D eigenvalue weighted by Gasteiger charge is 2.31. The number of fused-ring (bicyclic) bond motifs is 1. The average Bonchev–Trinajstić information content (AvgIpc) is 2.74. The molecule has 1 aliphatic rings. The molecule has 0 saturated carbocycles. The summed E-state index contributed by atoms with van der Waals surface area (Å²) in [5.41, 5.74) is 3.90. The molecule has 1 aromatic heterocycles. The van der Waals surface area contributed by atoms with Gasteiger partial charge >= 0.3 is 0 Å². The van der Waals surface area contributed by atoms with Crippen LogP contribution in [0.3, 0.4) is 0 Å². The van der Waals surface area contributed by atoms with Crippen molar-refractivity contribution in [3.8, 4) is 0 Å². The smallest absolute Gasteiger partial charge is 0.106 e. The molecule has 19 heavy (non-hydrogen) atoms. The van der Waals surface area contributed by atoms with Gasteiger partial charge < -0.3 is 10.4 Å². The molecular weight excluding hydrogens is 236 g/mol. The van der Waals surface area contributed by atoms with Gasteiger partial charge in [0.05, 0.1) is 11.4 Å². The standard InChI is InChI=1S/C16H18N2O/c1-16(2)10-18-13-8-12(9-17-15(13)16)14(19)11-6-4-3-5-7-11/h3-9,14,18-19H,10H2,1-2H3. The quantitative estimate of drug-likeness (QED) is 0.866. The minimum Gasteiger partial charge on any atom is -0.384 e. The second-order valence-electron chi connectivity index (χ2n) is 5.72. The van der Waals surface area contributed by atoms with Crippen LogP contribution in [0.1, 0.15) is 36.8 Å². The number of aromatic nitrogens is 1. The third-order valence-corrected chi connectivity index (χ3v) is 3.70. The van der Waals surface area contributed by atoms with Crippen LogP contribution in [-0.2, 0) is 5.41 Å². The molecule has 0 fully saturated rings. The molecular formula is C16H18N2O. The highest BCUT2D eigenvalue weighted by Crippen LogP contribution is 2.36. The number of benzene rings is 1. The van der Waals surface area contributed by atoms with Crippen LogP contribution in [0, 0.1) is 0 Å². The first-order valence-electron chi connectivity index (χ1n) is 6.55. The van der Waals surface area contributed by atoms with Crippen molar-refractivity contribution in [1.82, 2.24) is 4.98 Å². The van der Waals surface area contributed by atoms with E-state index in [1.54, 1.807) is 6.20 Å². The van der Waals surface area contributed by atoms with E-state index in [4.69, 9.17) is 0 Å².